The van der Waals surface area contributed by atoms with E-state index in [1.165, 1.54) is 6.42 Å². The minimum absolute atomic E-state index is 0.0767. The molecule has 0 amide bonds. The van der Waals surface area contributed by atoms with Crippen LogP contribution in [0.15, 0.2) is 6.07 Å². The molecular formula is C12H18ClN3. The fourth-order valence-electron chi connectivity index (χ4n) is 2.04. The van der Waals surface area contributed by atoms with E-state index in [1.54, 1.807) is 0 Å². The van der Waals surface area contributed by atoms with Crippen molar-refractivity contribution in [2.45, 2.75) is 45.1 Å². The van der Waals surface area contributed by atoms with Crippen molar-refractivity contribution in [2.75, 3.05) is 11.2 Å². The van der Waals surface area contributed by atoms with Crippen LogP contribution in [-0.2, 0) is 6.42 Å². The van der Waals surface area contributed by atoms with Gasteiger partial charge < -0.3 is 5.32 Å². The highest BCUT2D eigenvalue weighted by molar-refractivity contribution is 6.19. The van der Waals surface area contributed by atoms with Gasteiger partial charge in [-0.15, -0.1) is 11.6 Å². The fraction of sp³-hybridized carbons (Fsp3) is 0.667. The summed E-state index contributed by atoms with van der Waals surface area (Å²) in [6.45, 7) is 4.03. The van der Waals surface area contributed by atoms with Crippen LogP contribution in [0.5, 0.6) is 0 Å². The Morgan fingerprint density at radius 3 is 2.69 bits per heavy atom. The van der Waals surface area contributed by atoms with Crippen molar-refractivity contribution in [3.05, 3.63) is 17.6 Å². The standard InChI is InChI=1S/C12H18ClN3/c1-3-10-7-11(15-9(2)14-10)16-12(8-13)5-4-6-12/h7H,3-6,8H2,1-2H3,(H,14,15,16). The Morgan fingerprint density at radius 1 is 1.44 bits per heavy atom. The zero-order valence-electron chi connectivity index (χ0n) is 9.89. The summed E-state index contributed by atoms with van der Waals surface area (Å²) in [7, 11) is 0. The third-order valence-electron chi connectivity index (χ3n) is 3.21. The lowest BCUT2D eigenvalue weighted by Gasteiger charge is -2.41. The highest BCUT2D eigenvalue weighted by atomic mass is 35.5. The Labute approximate surface area is 102 Å². The van der Waals surface area contributed by atoms with Crippen LogP contribution in [0, 0.1) is 6.92 Å². The second-order valence-corrected chi connectivity index (χ2v) is 4.81. The molecule has 1 aromatic rings. The molecular weight excluding hydrogens is 222 g/mol. The van der Waals surface area contributed by atoms with Crippen LogP contribution in [0.3, 0.4) is 0 Å². The number of anilines is 1. The molecule has 0 atom stereocenters. The minimum Gasteiger partial charge on any atom is -0.363 e. The van der Waals surface area contributed by atoms with E-state index in [2.05, 4.69) is 22.2 Å². The molecule has 0 unspecified atom stereocenters. The number of nitrogens with zero attached hydrogens (tertiary/aromatic N) is 2. The highest BCUT2D eigenvalue weighted by Crippen LogP contribution is 2.35. The minimum atomic E-state index is 0.0767. The molecule has 1 saturated carbocycles. The second-order valence-electron chi connectivity index (χ2n) is 4.54. The highest BCUT2D eigenvalue weighted by Gasteiger charge is 2.36. The summed E-state index contributed by atoms with van der Waals surface area (Å²) in [5, 5.41) is 3.47. The summed E-state index contributed by atoms with van der Waals surface area (Å²) in [4.78, 5) is 8.78. The molecule has 3 nitrogen and oxygen atoms in total. The fourth-order valence-corrected chi connectivity index (χ4v) is 2.38. The molecule has 1 heterocycles. The molecule has 1 aliphatic carbocycles. The van der Waals surface area contributed by atoms with Gasteiger partial charge in [-0.2, -0.15) is 0 Å². The van der Waals surface area contributed by atoms with Crippen molar-refractivity contribution in [3.63, 3.8) is 0 Å². The van der Waals surface area contributed by atoms with E-state index in [1.807, 2.05) is 13.0 Å². The van der Waals surface area contributed by atoms with E-state index in [9.17, 15) is 0 Å². The smallest absolute Gasteiger partial charge is 0.130 e. The van der Waals surface area contributed by atoms with Gasteiger partial charge in [-0.05, 0) is 32.6 Å². The predicted molar refractivity (Wildman–Crippen MR) is 67.1 cm³/mol. The monoisotopic (exact) mass is 239 g/mol. The molecule has 0 aromatic carbocycles. The number of aryl methyl sites for hydroxylation is 2. The van der Waals surface area contributed by atoms with Crippen molar-refractivity contribution in [3.8, 4) is 0 Å². The maximum Gasteiger partial charge on any atom is 0.130 e. The maximum absolute atomic E-state index is 6.02. The Kier molecular flexibility index (Phi) is 3.33. The molecule has 88 valence electrons. The van der Waals surface area contributed by atoms with Gasteiger partial charge >= 0.3 is 0 Å². The molecule has 0 bridgehead atoms. The molecule has 1 aromatic heterocycles. The lowest BCUT2D eigenvalue weighted by Crippen LogP contribution is -2.47. The molecule has 1 aliphatic rings. The molecule has 2 rings (SSSR count). The molecule has 0 aliphatic heterocycles. The quantitative estimate of drug-likeness (QED) is 0.821. The van der Waals surface area contributed by atoms with Gasteiger partial charge in [0.25, 0.3) is 0 Å². The number of halogens is 1. The van der Waals surface area contributed by atoms with Gasteiger partial charge in [0.1, 0.15) is 11.6 Å². The molecule has 1 fully saturated rings. The molecule has 16 heavy (non-hydrogen) atoms. The summed E-state index contributed by atoms with van der Waals surface area (Å²) >= 11 is 6.02. The SMILES string of the molecule is CCc1cc(NC2(CCl)CCC2)nc(C)n1. The molecule has 4 heteroatoms. The summed E-state index contributed by atoms with van der Waals surface area (Å²) in [6.07, 6.45) is 4.47. The van der Waals surface area contributed by atoms with Gasteiger partial charge in [0, 0.05) is 17.6 Å². The number of nitrogens with one attached hydrogen (secondary N) is 1. The summed E-state index contributed by atoms with van der Waals surface area (Å²) in [5.41, 5.74) is 1.16. The van der Waals surface area contributed by atoms with Crippen molar-refractivity contribution >= 4 is 17.4 Å². The zero-order chi connectivity index (χ0) is 11.6. The third kappa shape index (κ3) is 2.29. The van der Waals surface area contributed by atoms with Crippen LogP contribution >= 0.6 is 11.6 Å². The maximum atomic E-state index is 6.02. The molecule has 1 N–H and O–H groups in total. The van der Waals surface area contributed by atoms with E-state index in [4.69, 9.17) is 11.6 Å². The van der Waals surface area contributed by atoms with E-state index in [0.717, 1.165) is 36.6 Å². The van der Waals surface area contributed by atoms with Gasteiger partial charge in [0.15, 0.2) is 0 Å². The molecule has 0 saturated heterocycles. The van der Waals surface area contributed by atoms with Crippen LogP contribution in [0.4, 0.5) is 5.82 Å². The molecule has 0 spiro atoms. The third-order valence-corrected chi connectivity index (χ3v) is 3.72. The van der Waals surface area contributed by atoms with Crippen molar-refractivity contribution in [2.24, 2.45) is 0 Å². The van der Waals surface area contributed by atoms with Crippen LogP contribution in [-0.4, -0.2) is 21.4 Å². The van der Waals surface area contributed by atoms with Crippen LogP contribution in [0.2, 0.25) is 0 Å². The zero-order valence-corrected chi connectivity index (χ0v) is 10.6. The number of rotatable bonds is 4. The van der Waals surface area contributed by atoms with Crippen LogP contribution in [0.1, 0.15) is 37.7 Å². The van der Waals surface area contributed by atoms with Crippen LogP contribution in [0.25, 0.3) is 0 Å². The Balaban J connectivity index is 2.17. The van der Waals surface area contributed by atoms with E-state index in [-0.39, 0.29) is 5.54 Å². The first-order valence-corrected chi connectivity index (χ1v) is 6.39. The first-order chi connectivity index (χ1) is 7.67. The normalized spacial score (nSPS) is 17.9. The van der Waals surface area contributed by atoms with Gasteiger partial charge in [-0.25, -0.2) is 9.97 Å². The summed E-state index contributed by atoms with van der Waals surface area (Å²) < 4.78 is 0. The summed E-state index contributed by atoms with van der Waals surface area (Å²) in [6, 6.07) is 2.03. The van der Waals surface area contributed by atoms with Crippen molar-refractivity contribution in [1.29, 1.82) is 0 Å². The number of alkyl halides is 1. The predicted octanol–water partition coefficient (Wildman–Crippen LogP) is 2.92. The Hall–Kier alpha value is -0.830. The summed E-state index contributed by atoms with van der Waals surface area (Å²) in [5.74, 6) is 2.40. The first kappa shape index (κ1) is 11.6. The largest absolute Gasteiger partial charge is 0.363 e. The lowest BCUT2D eigenvalue weighted by atomic mass is 9.78. The Morgan fingerprint density at radius 2 is 2.19 bits per heavy atom. The van der Waals surface area contributed by atoms with Gasteiger partial charge in [0.2, 0.25) is 0 Å². The van der Waals surface area contributed by atoms with Crippen molar-refractivity contribution in [1.82, 2.24) is 9.97 Å². The van der Waals surface area contributed by atoms with E-state index in [0.29, 0.717) is 5.88 Å². The average molecular weight is 240 g/mol. The first-order valence-electron chi connectivity index (χ1n) is 5.86. The van der Waals surface area contributed by atoms with Crippen LogP contribution < -0.4 is 5.32 Å². The number of hydrogen-bond donors (Lipinski definition) is 1. The Bertz CT molecular complexity index is 369. The van der Waals surface area contributed by atoms with Gasteiger partial charge in [-0.3, -0.25) is 0 Å². The molecule has 0 radical (unpaired) electrons. The van der Waals surface area contributed by atoms with E-state index < -0.39 is 0 Å². The van der Waals surface area contributed by atoms with E-state index >= 15 is 0 Å². The number of aromatic nitrogens is 2. The second kappa shape index (κ2) is 4.58. The lowest BCUT2D eigenvalue weighted by molar-refractivity contribution is 0.310. The number of hydrogen-bond acceptors (Lipinski definition) is 3. The topological polar surface area (TPSA) is 37.8 Å². The average Bonchev–Trinajstić information content (AvgIpc) is 2.22. The van der Waals surface area contributed by atoms with Gasteiger partial charge in [0.05, 0.1) is 5.54 Å². The van der Waals surface area contributed by atoms with Gasteiger partial charge in [-0.1, -0.05) is 6.92 Å². The van der Waals surface area contributed by atoms with Crippen molar-refractivity contribution < 1.29 is 0 Å².